The molecule has 2 nitrogen and oxygen atoms in total. The molecule has 0 aromatic rings. The van der Waals surface area contributed by atoms with Crippen LogP contribution in [-0.2, 0) is 0 Å². The SMILES string of the molecule is CC1CCN(C2CC(C)(C)CC2C)CC1CN. The van der Waals surface area contributed by atoms with Gasteiger partial charge in [-0.1, -0.05) is 27.7 Å². The molecule has 100 valence electrons. The van der Waals surface area contributed by atoms with Crippen LogP contribution in [0.15, 0.2) is 0 Å². The number of hydrogen-bond donors (Lipinski definition) is 1. The lowest BCUT2D eigenvalue weighted by atomic mass is 9.85. The average Bonchev–Trinajstić information content (AvgIpc) is 2.53. The zero-order chi connectivity index (χ0) is 12.6. The highest BCUT2D eigenvalue weighted by atomic mass is 15.2. The first-order valence-corrected chi connectivity index (χ1v) is 7.37. The monoisotopic (exact) mass is 238 g/mol. The van der Waals surface area contributed by atoms with Gasteiger partial charge in [-0.25, -0.2) is 0 Å². The molecule has 1 aliphatic heterocycles. The minimum atomic E-state index is 0.547. The van der Waals surface area contributed by atoms with Gasteiger partial charge in [-0.2, -0.15) is 0 Å². The van der Waals surface area contributed by atoms with Gasteiger partial charge in [-0.15, -0.1) is 0 Å². The maximum Gasteiger partial charge on any atom is 0.0126 e. The quantitative estimate of drug-likeness (QED) is 0.801. The van der Waals surface area contributed by atoms with E-state index in [1.54, 1.807) is 0 Å². The van der Waals surface area contributed by atoms with Crippen LogP contribution < -0.4 is 5.73 Å². The topological polar surface area (TPSA) is 29.3 Å². The molecule has 17 heavy (non-hydrogen) atoms. The molecule has 1 saturated heterocycles. The molecular weight excluding hydrogens is 208 g/mol. The fourth-order valence-corrected chi connectivity index (χ4v) is 4.13. The second kappa shape index (κ2) is 4.89. The Morgan fingerprint density at radius 1 is 1.18 bits per heavy atom. The summed E-state index contributed by atoms with van der Waals surface area (Å²) in [5.74, 6) is 2.40. The van der Waals surface area contributed by atoms with E-state index in [2.05, 4.69) is 32.6 Å². The van der Waals surface area contributed by atoms with Crippen LogP contribution in [0.3, 0.4) is 0 Å². The van der Waals surface area contributed by atoms with Gasteiger partial charge in [0.1, 0.15) is 0 Å². The summed E-state index contributed by atoms with van der Waals surface area (Å²) in [5, 5.41) is 0. The summed E-state index contributed by atoms with van der Waals surface area (Å²) in [6, 6.07) is 0.812. The molecule has 2 N–H and O–H groups in total. The maximum atomic E-state index is 5.92. The normalized spacial score (nSPS) is 42.9. The van der Waals surface area contributed by atoms with Crippen molar-refractivity contribution >= 4 is 0 Å². The second-order valence-corrected chi connectivity index (χ2v) is 7.37. The van der Waals surface area contributed by atoms with Crippen molar-refractivity contribution in [2.75, 3.05) is 19.6 Å². The smallest absolute Gasteiger partial charge is 0.0126 e. The number of likely N-dealkylation sites (tertiary alicyclic amines) is 1. The van der Waals surface area contributed by atoms with Crippen molar-refractivity contribution in [1.29, 1.82) is 0 Å². The molecule has 0 aromatic heterocycles. The highest BCUT2D eigenvalue weighted by molar-refractivity contribution is 4.94. The van der Waals surface area contributed by atoms with Gasteiger partial charge in [-0.3, -0.25) is 4.90 Å². The minimum Gasteiger partial charge on any atom is -0.330 e. The van der Waals surface area contributed by atoms with Crippen LogP contribution >= 0.6 is 0 Å². The van der Waals surface area contributed by atoms with E-state index in [-0.39, 0.29) is 0 Å². The van der Waals surface area contributed by atoms with Crippen molar-refractivity contribution in [3.05, 3.63) is 0 Å². The summed E-state index contributed by atoms with van der Waals surface area (Å²) in [7, 11) is 0. The number of nitrogens with zero attached hydrogens (tertiary/aromatic N) is 1. The zero-order valence-electron chi connectivity index (χ0n) is 12.1. The maximum absolute atomic E-state index is 5.92. The first-order valence-electron chi connectivity index (χ1n) is 7.37. The molecule has 4 atom stereocenters. The molecule has 0 bridgehead atoms. The number of hydrogen-bond acceptors (Lipinski definition) is 2. The highest BCUT2D eigenvalue weighted by Gasteiger charge is 2.41. The average molecular weight is 238 g/mol. The predicted octanol–water partition coefficient (Wildman–Crippen LogP) is 2.73. The Kier molecular flexibility index (Phi) is 3.84. The standard InChI is InChI=1S/C15H30N2/c1-11-5-6-17(10-13(11)9-16)14-8-15(3,4)7-12(14)2/h11-14H,5-10,16H2,1-4H3. The van der Waals surface area contributed by atoms with Crippen molar-refractivity contribution < 1.29 is 0 Å². The van der Waals surface area contributed by atoms with Crippen LogP contribution in [-0.4, -0.2) is 30.6 Å². The molecule has 4 unspecified atom stereocenters. The molecule has 2 fully saturated rings. The summed E-state index contributed by atoms with van der Waals surface area (Å²) in [6.07, 6.45) is 4.10. The fourth-order valence-electron chi connectivity index (χ4n) is 4.13. The lowest BCUT2D eigenvalue weighted by Gasteiger charge is -2.41. The Morgan fingerprint density at radius 3 is 2.41 bits per heavy atom. The van der Waals surface area contributed by atoms with Crippen LogP contribution in [0.25, 0.3) is 0 Å². The van der Waals surface area contributed by atoms with Crippen molar-refractivity contribution in [3.8, 4) is 0 Å². The van der Waals surface area contributed by atoms with Crippen molar-refractivity contribution in [2.45, 2.75) is 53.0 Å². The Balaban J connectivity index is 1.99. The summed E-state index contributed by atoms with van der Waals surface area (Å²) < 4.78 is 0. The first-order chi connectivity index (χ1) is 7.93. The van der Waals surface area contributed by atoms with E-state index >= 15 is 0 Å². The first kappa shape index (κ1) is 13.4. The lowest BCUT2D eigenvalue weighted by molar-refractivity contribution is 0.0741. The summed E-state index contributed by atoms with van der Waals surface area (Å²) in [4.78, 5) is 2.75. The van der Waals surface area contributed by atoms with Crippen LogP contribution in [0, 0.1) is 23.2 Å². The van der Waals surface area contributed by atoms with Gasteiger partial charge in [0.15, 0.2) is 0 Å². The molecule has 2 heteroatoms. The van der Waals surface area contributed by atoms with Crippen LogP contribution in [0.5, 0.6) is 0 Å². The zero-order valence-corrected chi connectivity index (χ0v) is 12.1. The molecule has 0 aromatic carbocycles. The van der Waals surface area contributed by atoms with Crippen LogP contribution in [0.4, 0.5) is 0 Å². The molecule has 1 aliphatic carbocycles. The van der Waals surface area contributed by atoms with Gasteiger partial charge in [0, 0.05) is 12.6 Å². The van der Waals surface area contributed by atoms with Gasteiger partial charge in [-0.05, 0) is 55.5 Å². The second-order valence-electron chi connectivity index (χ2n) is 7.37. The van der Waals surface area contributed by atoms with Gasteiger partial charge in [0.05, 0.1) is 0 Å². The highest BCUT2D eigenvalue weighted by Crippen LogP contribution is 2.44. The predicted molar refractivity (Wildman–Crippen MR) is 73.9 cm³/mol. The van der Waals surface area contributed by atoms with E-state index in [0.717, 1.165) is 30.3 Å². The Labute approximate surface area is 107 Å². The molecule has 2 aliphatic rings. The van der Waals surface area contributed by atoms with Crippen molar-refractivity contribution in [2.24, 2.45) is 28.9 Å². The molecule has 1 saturated carbocycles. The third kappa shape index (κ3) is 2.85. The van der Waals surface area contributed by atoms with E-state index in [9.17, 15) is 0 Å². The molecule has 2 rings (SSSR count). The van der Waals surface area contributed by atoms with Gasteiger partial charge >= 0.3 is 0 Å². The van der Waals surface area contributed by atoms with Gasteiger partial charge in [0.2, 0.25) is 0 Å². The summed E-state index contributed by atoms with van der Waals surface area (Å²) >= 11 is 0. The van der Waals surface area contributed by atoms with Gasteiger partial charge < -0.3 is 5.73 Å². The van der Waals surface area contributed by atoms with E-state index in [4.69, 9.17) is 5.73 Å². The van der Waals surface area contributed by atoms with Crippen molar-refractivity contribution in [3.63, 3.8) is 0 Å². The third-order valence-electron chi connectivity index (χ3n) is 5.21. The molecule has 0 radical (unpaired) electrons. The van der Waals surface area contributed by atoms with Crippen molar-refractivity contribution in [1.82, 2.24) is 4.90 Å². The number of piperidine rings is 1. The van der Waals surface area contributed by atoms with Gasteiger partial charge in [0.25, 0.3) is 0 Å². The Hall–Kier alpha value is -0.0800. The number of rotatable bonds is 2. The van der Waals surface area contributed by atoms with Crippen LogP contribution in [0.2, 0.25) is 0 Å². The van der Waals surface area contributed by atoms with E-state index in [1.807, 2.05) is 0 Å². The molecule has 0 spiro atoms. The molecule has 0 amide bonds. The third-order valence-corrected chi connectivity index (χ3v) is 5.21. The van der Waals surface area contributed by atoms with E-state index < -0.39 is 0 Å². The minimum absolute atomic E-state index is 0.547. The van der Waals surface area contributed by atoms with Crippen LogP contribution in [0.1, 0.15) is 47.0 Å². The lowest BCUT2D eigenvalue weighted by Crippen LogP contribution is -2.48. The summed E-state index contributed by atoms with van der Waals surface area (Å²) in [6.45, 7) is 13.1. The summed E-state index contributed by atoms with van der Waals surface area (Å²) in [5.41, 5.74) is 6.46. The Bertz CT molecular complexity index is 262. The Morgan fingerprint density at radius 2 is 1.88 bits per heavy atom. The number of nitrogens with two attached hydrogens (primary N) is 1. The fraction of sp³-hybridized carbons (Fsp3) is 1.00. The molecular formula is C15H30N2. The van der Waals surface area contributed by atoms with E-state index in [1.165, 1.54) is 32.4 Å². The largest absolute Gasteiger partial charge is 0.330 e. The van der Waals surface area contributed by atoms with E-state index in [0.29, 0.717) is 5.41 Å². The molecule has 1 heterocycles.